The van der Waals surface area contributed by atoms with Crippen LogP contribution in [0.3, 0.4) is 0 Å². The average molecular weight is 493 g/mol. The van der Waals surface area contributed by atoms with Crippen LogP contribution in [0.25, 0.3) is 0 Å². The van der Waals surface area contributed by atoms with Crippen molar-refractivity contribution in [2.45, 2.75) is 39.7 Å². The fraction of sp³-hybridized carbons (Fsp3) is 0.478. The lowest BCUT2D eigenvalue weighted by Gasteiger charge is -2.31. The van der Waals surface area contributed by atoms with E-state index < -0.39 is 0 Å². The lowest BCUT2D eigenvalue weighted by Crippen LogP contribution is -2.43. The Morgan fingerprint density at radius 1 is 1.16 bits per heavy atom. The third kappa shape index (κ3) is 6.26. The highest BCUT2D eigenvalue weighted by atomic mass is 79.9. The number of hydrogen-bond acceptors (Lipinski definition) is 5. The molecule has 168 valence electrons. The third-order valence-electron chi connectivity index (χ3n) is 5.29. The number of ether oxygens (including phenoxy) is 2. The predicted molar refractivity (Wildman–Crippen MR) is 120 cm³/mol. The summed E-state index contributed by atoms with van der Waals surface area (Å²) in [5.74, 6) is 2.01. The molecule has 1 aliphatic heterocycles. The van der Waals surface area contributed by atoms with E-state index in [4.69, 9.17) is 13.9 Å². The molecule has 0 bridgehead atoms. The molecule has 0 radical (unpaired) electrons. The molecule has 2 amide bonds. The average Bonchev–Trinajstić information content (AvgIpc) is 3.29. The minimum Gasteiger partial charge on any atom is -0.490 e. The number of hydrogen-bond donors (Lipinski definition) is 1. The van der Waals surface area contributed by atoms with Crippen molar-refractivity contribution in [3.63, 3.8) is 0 Å². The molecule has 1 saturated heterocycles. The quantitative estimate of drug-likeness (QED) is 0.573. The summed E-state index contributed by atoms with van der Waals surface area (Å²) < 4.78 is 17.4. The molecule has 1 aromatic heterocycles. The Morgan fingerprint density at radius 3 is 2.45 bits per heavy atom. The highest BCUT2D eigenvalue weighted by molar-refractivity contribution is 9.10. The van der Waals surface area contributed by atoms with Crippen LogP contribution in [0.5, 0.6) is 11.5 Å². The highest BCUT2D eigenvalue weighted by Gasteiger charge is 2.27. The maximum atomic E-state index is 12.9. The molecule has 0 atom stereocenters. The van der Waals surface area contributed by atoms with Crippen LogP contribution in [0.1, 0.15) is 38.0 Å². The Labute approximate surface area is 191 Å². The highest BCUT2D eigenvalue weighted by Crippen LogP contribution is 2.34. The third-order valence-corrected chi connectivity index (χ3v) is 6.03. The number of nitrogens with zero attached hydrogens (tertiary/aromatic N) is 1. The van der Waals surface area contributed by atoms with Crippen LogP contribution in [-0.2, 0) is 22.6 Å². The van der Waals surface area contributed by atoms with Crippen molar-refractivity contribution in [2.24, 2.45) is 5.92 Å². The van der Waals surface area contributed by atoms with Gasteiger partial charge in [-0.05, 0) is 56.5 Å². The molecule has 0 saturated carbocycles. The number of furan rings is 1. The van der Waals surface area contributed by atoms with Crippen LogP contribution < -0.4 is 14.8 Å². The topological polar surface area (TPSA) is 81.0 Å². The summed E-state index contributed by atoms with van der Waals surface area (Å²) in [6.45, 7) is 6.42. The van der Waals surface area contributed by atoms with E-state index in [0.717, 1.165) is 15.8 Å². The van der Waals surface area contributed by atoms with Gasteiger partial charge in [-0.2, -0.15) is 0 Å². The predicted octanol–water partition coefficient (Wildman–Crippen LogP) is 3.94. The molecular weight excluding hydrogens is 464 g/mol. The number of piperidine rings is 1. The van der Waals surface area contributed by atoms with Crippen LogP contribution in [0, 0.1) is 5.92 Å². The Balaban J connectivity index is 1.53. The zero-order chi connectivity index (χ0) is 22.2. The Morgan fingerprint density at radius 2 is 1.84 bits per heavy atom. The van der Waals surface area contributed by atoms with Crippen molar-refractivity contribution in [3.8, 4) is 11.5 Å². The van der Waals surface area contributed by atoms with Gasteiger partial charge in [-0.25, -0.2) is 0 Å². The first kappa shape index (κ1) is 23.2. The number of carbonyl (C=O) groups excluding carboxylic acids is 2. The van der Waals surface area contributed by atoms with Gasteiger partial charge in [0.15, 0.2) is 11.5 Å². The second kappa shape index (κ2) is 11.2. The Bertz CT molecular complexity index is 876. The molecular formula is C23H29BrN2O5. The van der Waals surface area contributed by atoms with E-state index in [-0.39, 0.29) is 24.2 Å². The minimum atomic E-state index is -0.0826. The minimum absolute atomic E-state index is 0.0131. The van der Waals surface area contributed by atoms with Crippen molar-refractivity contribution in [3.05, 3.63) is 46.3 Å². The van der Waals surface area contributed by atoms with Gasteiger partial charge in [0.25, 0.3) is 0 Å². The number of nitrogens with one attached hydrogen (secondary N) is 1. The second-order valence-corrected chi connectivity index (χ2v) is 8.24. The zero-order valence-electron chi connectivity index (χ0n) is 18.0. The van der Waals surface area contributed by atoms with E-state index in [9.17, 15) is 9.59 Å². The summed E-state index contributed by atoms with van der Waals surface area (Å²) >= 11 is 3.55. The largest absolute Gasteiger partial charge is 0.490 e. The molecule has 0 unspecified atom stereocenters. The first-order chi connectivity index (χ1) is 15.0. The molecule has 0 aliphatic carbocycles. The fourth-order valence-electron chi connectivity index (χ4n) is 3.65. The van der Waals surface area contributed by atoms with Gasteiger partial charge in [0, 0.05) is 23.5 Å². The van der Waals surface area contributed by atoms with E-state index in [2.05, 4.69) is 21.2 Å². The summed E-state index contributed by atoms with van der Waals surface area (Å²) in [6, 6.07) is 7.35. The number of amides is 2. The molecule has 3 rings (SSSR count). The summed E-state index contributed by atoms with van der Waals surface area (Å²) in [4.78, 5) is 27.1. The Hall–Kier alpha value is -2.48. The number of rotatable bonds is 9. The van der Waals surface area contributed by atoms with Gasteiger partial charge in [0.1, 0.15) is 5.76 Å². The molecule has 1 aromatic carbocycles. The van der Waals surface area contributed by atoms with Crippen LogP contribution in [0.15, 0.2) is 39.4 Å². The Kier molecular flexibility index (Phi) is 8.40. The van der Waals surface area contributed by atoms with Crippen LogP contribution in [-0.4, -0.2) is 43.0 Å². The van der Waals surface area contributed by atoms with E-state index >= 15 is 0 Å². The number of likely N-dealkylation sites (tertiary alicyclic amines) is 1. The molecule has 1 aliphatic rings. The van der Waals surface area contributed by atoms with Gasteiger partial charge in [0.05, 0.1) is 32.4 Å². The summed E-state index contributed by atoms with van der Waals surface area (Å²) in [7, 11) is 0. The molecule has 2 aromatic rings. The van der Waals surface area contributed by atoms with Crippen LogP contribution in [0.4, 0.5) is 0 Å². The van der Waals surface area contributed by atoms with Gasteiger partial charge in [-0.1, -0.05) is 15.9 Å². The molecule has 8 heteroatoms. The van der Waals surface area contributed by atoms with Crippen molar-refractivity contribution in [2.75, 3.05) is 26.3 Å². The van der Waals surface area contributed by atoms with E-state index in [1.54, 1.807) is 12.3 Å². The first-order valence-electron chi connectivity index (χ1n) is 10.7. The molecule has 1 N–H and O–H groups in total. The maximum absolute atomic E-state index is 12.9. The van der Waals surface area contributed by atoms with Crippen molar-refractivity contribution in [1.82, 2.24) is 10.2 Å². The zero-order valence-corrected chi connectivity index (χ0v) is 19.6. The van der Waals surface area contributed by atoms with Crippen molar-refractivity contribution in [1.29, 1.82) is 0 Å². The van der Waals surface area contributed by atoms with Gasteiger partial charge in [-0.3, -0.25) is 9.59 Å². The summed E-state index contributed by atoms with van der Waals surface area (Å²) in [5.41, 5.74) is 0.857. The lowest BCUT2D eigenvalue weighted by molar-refractivity contribution is -0.135. The van der Waals surface area contributed by atoms with Gasteiger partial charge < -0.3 is 24.1 Å². The van der Waals surface area contributed by atoms with Crippen molar-refractivity contribution < 1.29 is 23.5 Å². The lowest BCUT2D eigenvalue weighted by atomic mass is 9.95. The maximum Gasteiger partial charge on any atom is 0.227 e. The molecule has 2 heterocycles. The van der Waals surface area contributed by atoms with Crippen LogP contribution >= 0.6 is 15.9 Å². The second-order valence-electron chi connectivity index (χ2n) is 7.39. The molecule has 31 heavy (non-hydrogen) atoms. The van der Waals surface area contributed by atoms with Crippen LogP contribution in [0.2, 0.25) is 0 Å². The van der Waals surface area contributed by atoms with E-state index in [1.807, 2.05) is 36.9 Å². The van der Waals surface area contributed by atoms with E-state index in [0.29, 0.717) is 57.2 Å². The van der Waals surface area contributed by atoms with Gasteiger partial charge in [0.2, 0.25) is 11.8 Å². The summed E-state index contributed by atoms with van der Waals surface area (Å²) in [6.07, 6.45) is 3.17. The monoisotopic (exact) mass is 492 g/mol. The molecule has 7 nitrogen and oxygen atoms in total. The molecule has 0 spiro atoms. The smallest absolute Gasteiger partial charge is 0.227 e. The summed E-state index contributed by atoms with van der Waals surface area (Å²) in [5, 5.41) is 2.91. The number of benzene rings is 1. The molecule has 1 fully saturated rings. The van der Waals surface area contributed by atoms with Gasteiger partial charge >= 0.3 is 0 Å². The number of halogens is 1. The van der Waals surface area contributed by atoms with Crippen molar-refractivity contribution >= 4 is 27.7 Å². The van der Waals surface area contributed by atoms with E-state index in [1.165, 1.54) is 0 Å². The normalized spacial score (nSPS) is 14.4. The first-order valence-corrected chi connectivity index (χ1v) is 11.5. The standard InChI is InChI=1S/C23H29BrN2O5/c1-3-29-20-12-17(19(24)14-21(20)30-4-2)13-22(27)26-9-7-16(8-10-26)23(28)25-15-18-6-5-11-31-18/h5-6,11-12,14,16H,3-4,7-10,13,15H2,1-2H3,(H,25,28). The fourth-order valence-corrected chi connectivity index (χ4v) is 4.11. The van der Waals surface area contributed by atoms with Gasteiger partial charge in [-0.15, -0.1) is 0 Å². The number of carbonyl (C=O) groups is 2. The SMILES string of the molecule is CCOc1cc(Br)c(CC(=O)N2CCC(C(=O)NCc3ccco3)CC2)cc1OCC.